The first kappa shape index (κ1) is 14.6. The standard InChI is InChI=1S/C12H17ClN2O3S/c13-9-3-4-10(14)11(7-9)19(17,18)15-8-12(16)5-1-2-6-12/h3-4,7,15-16H,1-2,5-6,8,14H2. The van der Waals surface area contributed by atoms with Crippen LogP contribution in [0.1, 0.15) is 25.7 Å². The van der Waals surface area contributed by atoms with E-state index in [4.69, 9.17) is 17.3 Å². The van der Waals surface area contributed by atoms with E-state index in [1.165, 1.54) is 18.2 Å². The van der Waals surface area contributed by atoms with E-state index in [0.717, 1.165) is 12.8 Å². The summed E-state index contributed by atoms with van der Waals surface area (Å²) in [4.78, 5) is -0.0541. The van der Waals surface area contributed by atoms with E-state index in [2.05, 4.69) is 4.72 Å². The lowest BCUT2D eigenvalue weighted by Crippen LogP contribution is -2.40. The maximum Gasteiger partial charge on any atom is 0.242 e. The zero-order valence-electron chi connectivity index (χ0n) is 10.4. The van der Waals surface area contributed by atoms with Gasteiger partial charge in [0.05, 0.1) is 11.3 Å². The molecule has 5 nitrogen and oxygen atoms in total. The quantitative estimate of drug-likeness (QED) is 0.735. The molecule has 0 aromatic heterocycles. The predicted molar refractivity (Wildman–Crippen MR) is 74.5 cm³/mol. The van der Waals surface area contributed by atoms with Gasteiger partial charge in [0.1, 0.15) is 4.90 Å². The molecule has 19 heavy (non-hydrogen) atoms. The summed E-state index contributed by atoms with van der Waals surface area (Å²) >= 11 is 5.78. The van der Waals surface area contributed by atoms with Crippen molar-refractivity contribution in [3.05, 3.63) is 23.2 Å². The van der Waals surface area contributed by atoms with Crippen molar-refractivity contribution in [2.75, 3.05) is 12.3 Å². The number of halogens is 1. The van der Waals surface area contributed by atoms with Crippen LogP contribution < -0.4 is 10.5 Å². The number of anilines is 1. The zero-order chi connectivity index (χ0) is 14.1. The highest BCUT2D eigenvalue weighted by atomic mass is 35.5. The summed E-state index contributed by atoms with van der Waals surface area (Å²) in [7, 11) is -3.76. The molecule has 0 aliphatic heterocycles. The lowest BCUT2D eigenvalue weighted by molar-refractivity contribution is 0.0532. The molecule has 0 atom stereocenters. The minimum absolute atomic E-state index is 0.00128. The number of nitrogens with two attached hydrogens (primary N) is 1. The van der Waals surface area contributed by atoms with Gasteiger partial charge in [-0.15, -0.1) is 0 Å². The smallest absolute Gasteiger partial charge is 0.242 e. The minimum atomic E-state index is -3.76. The molecule has 1 aromatic carbocycles. The van der Waals surface area contributed by atoms with Gasteiger partial charge in [-0.1, -0.05) is 24.4 Å². The summed E-state index contributed by atoms with van der Waals surface area (Å²) in [6.07, 6.45) is 3.05. The molecular weight excluding hydrogens is 288 g/mol. The van der Waals surface area contributed by atoms with Gasteiger partial charge in [-0.2, -0.15) is 0 Å². The van der Waals surface area contributed by atoms with E-state index in [1.807, 2.05) is 0 Å². The number of nitrogens with one attached hydrogen (secondary N) is 1. The van der Waals surface area contributed by atoms with Gasteiger partial charge in [-0.25, -0.2) is 13.1 Å². The second kappa shape index (κ2) is 5.28. The van der Waals surface area contributed by atoms with E-state index in [-0.39, 0.29) is 17.1 Å². The number of hydrogen-bond donors (Lipinski definition) is 3. The molecule has 2 rings (SSSR count). The van der Waals surface area contributed by atoms with Crippen LogP contribution in [0.2, 0.25) is 5.02 Å². The Bertz CT molecular complexity index is 568. The maximum absolute atomic E-state index is 12.1. The van der Waals surface area contributed by atoms with Crippen molar-refractivity contribution < 1.29 is 13.5 Å². The van der Waals surface area contributed by atoms with Gasteiger partial charge < -0.3 is 10.8 Å². The average Bonchev–Trinajstić information content (AvgIpc) is 2.78. The molecule has 0 unspecified atom stereocenters. The van der Waals surface area contributed by atoms with Gasteiger partial charge in [0.15, 0.2) is 0 Å². The summed E-state index contributed by atoms with van der Waals surface area (Å²) in [5.74, 6) is 0. The lowest BCUT2D eigenvalue weighted by Gasteiger charge is -2.22. The van der Waals surface area contributed by atoms with Gasteiger partial charge in [0, 0.05) is 11.6 Å². The van der Waals surface area contributed by atoms with Crippen LogP contribution in [-0.4, -0.2) is 25.7 Å². The third-order valence-electron chi connectivity index (χ3n) is 3.39. The molecule has 0 amide bonds. The SMILES string of the molecule is Nc1ccc(Cl)cc1S(=O)(=O)NCC1(O)CCCC1. The number of sulfonamides is 1. The number of nitrogen functional groups attached to an aromatic ring is 1. The fraction of sp³-hybridized carbons (Fsp3) is 0.500. The Kier molecular flexibility index (Phi) is 4.06. The Balaban J connectivity index is 2.16. The van der Waals surface area contributed by atoms with Crippen LogP contribution in [0.5, 0.6) is 0 Å². The zero-order valence-corrected chi connectivity index (χ0v) is 12.0. The average molecular weight is 305 g/mol. The fourth-order valence-electron chi connectivity index (χ4n) is 2.26. The van der Waals surface area contributed by atoms with Crippen LogP contribution in [0, 0.1) is 0 Å². The van der Waals surface area contributed by atoms with E-state index in [9.17, 15) is 13.5 Å². The van der Waals surface area contributed by atoms with Crippen molar-refractivity contribution >= 4 is 27.3 Å². The van der Waals surface area contributed by atoms with Crippen molar-refractivity contribution in [1.82, 2.24) is 4.72 Å². The highest BCUT2D eigenvalue weighted by Crippen LogP contribution is 2.29. The number of benzene rings is 1. The normalized spacial score (nSPS) is 18.6. The number of hydrogen-bond acceptors (Lipinski definition) is 4. The molecule has 1 fully saturated rings. The monoisotopic (exact) mass is 304 g/mol. The predicted octanol–water partition coefficient (Wildman–Crippen LogP) is 1.51. The Hall–Kier alpha value is -0.820. The molecule has 4 N–H and O–H groups in total. The maximum atomic E-state index is 12.1. The van der Waals surface area contributed by atoms with Crippen molar-refractivity contribution in [3.63, 3.8) is 0 Å². The molecule has 1 aliphatic rings. The Morgan fingerprint density at radius 1 is 1.37 bits per heavy atom. The highest BCUT2D eigenvalue weighted by molar-refractivity contribution is 7.89. The van der Waals surface area contributed by atoms with Crippen LogP contribution in [0.3, 0.4) is 0 Å². The second-order valence-corrected chi connectivity index (χ2v) is 7.11. The summed E-state index contributed by atoms with van der Waals surface area (Å²) in [6, 6.07) is 4.28. The molecule has 1 saturated carbocycles. The summed E-state index contributed by atoms with van der Waals surface area (Å²) in [5.41, 5.74) is 4.84. The summed E-state index contributed by atoms with van der Waals surface area (Å²) in [5, 5.41) is 10.4. The van der Waals surface area contributed by atoms with Crippen LogP contribution in [-0.2, 0) is 10.0 Å². The second-order valence-electron chi connectivity index (χ2n) is 4.94. The van der Waals surface area contributed by atoms with Crippen molar-refractivity contribution in [2.45, 2.75) is 36.2 Å². The van der Waals surface area contributed by atoms with Gasteiger partial charge in [-0.05, 0) is 31.0 Å². The first-order valence-electron chi connectivity index (χ1n) is 6.10. The molecule has 7 heteroatoms. The minimum Gasteiger partial charge on any atom is -0.398 e. The third kappa shape index (κ3) is 3.39. The molecule has 0 saturated heterocycles. The van der Waals surface area contributed by atoms with Crippen LogP contribution in [0.4, 0.5) is 5.69 Å². The number of aliphatic hydroxyl groups is 1. The third-order valence-corrected chi connectivity index (χ3v) is 5.08. The lowest BCUT2D eigenvalue weighted by atomic mass is 10.0. The molecular formula is C12H17ClN2O3S. The molecule has 106 valence electrons. The first-order chi connectivity index (χ1) is 8.82. The van der Waals surface area contributed by atoms with Crippen molar-refractivity contribution in [3.8, 4) is 0 Å². The summed E-state index contributed by atoms with van der Waals surface area (Å²) in [6.45, 7) is 0.00128. The van der Waals surface area contributed by atoms with Gasteiger partial charge in [0.25, 0.3) is 0 Å². The van der Waals surface area contributed by atoms with Gasteiger partial charge in [0.2, 0.25) is 10.0 Å². The van der Waals surface area contributed by atoms with E-state index >= 15 is 0 Å². The molecule has 1 aliphatic carbocycles. The van der Waals surface area contributed by atoms with Crippen LogP contribution in [0.25, 0.3) is 0 Å². The molecule has 1 aromatic rings. The molecule has 0 bridgehead atoms. The Morgan fingerprint density at radius 2 is 2.00 bits per heavy atom. The fourth-order valence-corrected chi connectivity index (χ4v) is 3.77. The number of rotatable bonds is 4. The van der Waals surface area contributed by atoms with Crippen molar-refractivity contribution in [2.24, 2.45) is 0 Å². The van der Waals surface area contributed by atoms with Gasteiger partial charge in [-0.3, -0.25) is 0 Å². The molecule has 0 spiro atoms. The first-order valence-corrected chi connectivity index (χ1v) is 7.96. The topological polar surface area (TPSA) is 92.4 Å². The summed E-state index contributed by atoms with van der Waals surface area (Å²) < 4.78 is 26.7. The van der Waals surface area contributed by atoms with E-state index in [1.54, 1.807) is 0 Å². The molecule has 0 heterocycles. The van der Waals surface area contributed by atoms with Crippen molar-refractivity contribution in [1.29, 1.82) is 0 Å². The van der Waals surface area contributed by atoms with E-state index in [0.29, 0.717) is 17.9 Å². The Labute approximate surface area is 117 Å². The van der Waals surface area contributed by atoms with Crippen LogP contribution >= 0.6 is 11.6 Å². The Morgan fingerprint density at radius 3 is 2.63 bits per heavy atom. The highest BCUT2D eigenvalue weighted by Gasteiger charge is 2.32. The molecule has 0 radical (unpaired) electrons. The largest absolute Gasteiger partial charge is 0.398 e. The van der Waals surface area contributed by atoms with Gasteiger partial charge >= 0.3 is 0 Å². The van der Waals surface area contributed by atoms with E-state index < -0.39 is 15.6 Å². The van der Waals surface area contributed by atoms with Crippen LogP contribution in [0.15, 0.2) is 23.1 Å².